The van der Waals surface area contributed by atoms with E-state index in [1.165, 1.54) is 0 Å². The van der Waals surface area contributed by atoms with Crippen molar-refractivity contribution in [2.24, 2.45) is 0 Å². The molecule has 0 aliphatic carbocycles. The molecule has 0 aromatic heterocycles. The van der Waals surface area contributed by atoms with E-state index in [1.807, 2.05) is 0 Å². The standard InChI is InChI=1S/3C4H11Si.C2H5.Pb/c3*1-5(2,3)4;1-2;/h3*1H2,2-4H3;1H2,2H3;. The normalized spacial score (nSPS) is 15.0. The van der Waals surface area contributed by atoms with Crippen LogP contribution in [0, 0.1) is 0 Å². The Morgan fingerprint density at radius 2 is 0.778 bits per heavy atom. The summed E-state index contributed by atoms with van der Waals surface area (Å²) in [7, 11) is -2.61. The van der Waals surface area contributed by atoms with Gasteiger partial charge in [0.1, 0.15) is 0 Å². The van der Waals surface area contributed by atoms with Crippen molar-refractivity contribution in [2.75, 3.05) is 0 Å². The van der Waals surface area contributed by atoms with Gasteiger partial charge in [0, 0.05) is 0 Å². The Bertz CT molecular complexity index is 215. The van der Waals surface area contributed by atoms with Crippen molar-refractivity contribution in [3.8, 4) is 0 Å². The van der Waals surface area contributed by atoms with Crippen LogP contribution in [-0.2, 0) is 0 Å². The van der Waals surface area contributed by atoms with E-state index in [2.05, 4.69) is 65.8 Å². The minimum atomic E-state index is -1.99. The van der Waals surface area contributed by atoms with Gasteiger partial charge in [-0.3, -0.25) is 0 Å². The van der Waals surface area contributed by atoms with E-state index < -0.39 is 45.4 Å². The monoisotopic (exact) mass is 498 g/mol. The molecule has 0 fully saturated rings. The molecule has 0 N–H and O–H groups in total. The van der Waals surface area contributed by atoms with Gasteiger partial charge >= 0.3 is 126 Å². The van der Waals surface area contributed by atoms with Crippen molar-refractivity contribution in [1.29, 1.82) is 0 Å². The van der Waals surface area contributed by atoms with Crippen LogP contribution in [0.15, 0.2) is 0 Å². The van der Waals surface area contributed by atoms with Crippen LogP contribution in [0.2, 0.25) is 73.7 Å². The van der Waals surface area contributed by atoms with Gasteiger partial charge in [0.15, 0.2) is 0 Å². The van der Waals surface area contributed by atoms with E-state index >= 15 is 0 Å². The number of hydrogen-bond acceptors (Lipinski definition) is 0. The average Bonchev–Trinajstić information content (AvgIpc) is 1.93. The van der Waals surface area contributed by atoms with Gasteiger partial charge < -0.3 is 0 Å². The Morgan fingerprint density at radius 3 is 0.889 bits per heavy atom. The minimum absolute atomic E-state index is 0.870. The SMILES string of the molecule is C[CH2][Pb]([CH2][Si](C)(C)C)([CH2][Si](C)(C)C)[CH2][Si](C)(C)C. The quantitative estimate of drug-likeness (QED) is 0.374. The van der Waals surface area contributed by atoms with Gasteiger partial charge in [-0.25, -0.2) is 0 Å². The first-order valence-corrected chi connectivity index (χ1v) is 29.8. The van der Waals surface area contributed by atoms with E-state index in [0.717, 1.165) is 0 Å². The van der Waals surface area contributed by atoms with Crippen molar-refractivity contribution < 1.29 is 0 Å². The van der Waals surface area contributed by atoms with Gasteiger partial charge in [0.05, 0.1) is 0 Å². The Labute approximate surface area is 125 Å². The topological polar surface area (TPSA) is 0 Å². The molecule has 0 atom stereocenters. The predicted molar refractivity (Wildman–Crippen MR) is 101 cm³/mol. The maximum absolute atomic E-state index is 2.62. The molecule has 0 rings (SSSR count). The zero-order valence-electron chi connectivity index (χ0n) is 14.8. The van der Waals surface area contributed by atoms with Crippen LogP contribution in [0.5, 0.6) is 0 Å². The van der Waals surface area contributed by atoms with Crippen molar-refractivity contribution >= 4 is 45.4 Å². The van der Waals surface area contributed by atoms with Crippen LogP contribution < -0.4 is 0 Å². The van der Waals surface area contributed by atoms with E-state index in [4.69, 9.17) is 0 Å². The van der Waals surface area contributed by atoms with Gasteiger partial charge in [-0.2, -0.15) is 0 Å². The molecular formula is C14H38PbSi3. The fraction of sp³-hybridized carbons (Fsp3) is 1.00. The molecule has 0 aromatic carbocycles. The summed E-state index contributed by atoms with van der Waals surface area (Å²) in [4.78, 5) is 0. The van der Waals surface area contributed by atoms with Crippen LogP contribution in [0.1, 0.15) is 6.92 Å². The summed E-state index contributed by atoms with van der Waals surface area (Å²) in [6.07, 6.45) is 0. The first-order valence-electron chi connectivity index (χ1n) is 7.68. The van der Waals surface area contributed by atoms with Crippen molar-refractivity contribution in [2.45, 2.75) is 80.6 Å². The summed E-state index contributed by atoms with van der Waals surface area (Å²) in [5.41, 5.74) is 0. The predicted octanol–water partition coefficient (Wildman–Crippen LogP) is 6.09. The van der Waals surface area contributed by atoms with E-state index in [9.17, 15) is 0 Å². The van der Waals surface area contributed by atoms with Crippen LogP contribution in [-0.4, -0.2) is 45.4 Å². The molecule has 0 aliphatic rings. The third-order valence-electron chi connectivity index (χ3n) is 3.47. The molecule has 18 heavy (non-hydrogen) atoms. The summed E-state index contributed by atoms with van der Waals surface area (Å²) in [5, 5.41) is 0. The molecule has 0 amide bonds. The zero-order valence-corrected chi connectivity index (χ0v) is 21.7. The van der Waals surface area contributed by atoms with E-state index in [1.54, 1.807) is 14.8 Å². The summed E-state index contributed by atoms with van der Waals surface area (Å²) >= 11 is -1.99. The molecule has 0 saturated carbocycles. The second-order valence-corrected chi connectivity index (χ2v) is 53.3. The molecule has 0 unspecified atom stereocenters. The van der Waals surface area contributed by atoms with Gasteiger partial charge in [-0.15, -0.1) is 0 Å². The van der Waals surface area contributed by atoms with Gasteiger partial charge in [-0.05, 0) is 0 Å². The van der Waals surface area contributed by atoms with Crippen molar-refractivity contribution in [1.82, 2.24) is 0 Å². The van der Waals surface area contributed by atoms with Crippen LogP contribution in [0.25, 0.3) is 0 Å². The first kappa shape index (κ1) is 19.6. The Morgan fingerprint density at radius 1 is 0.556 bits per heavy atom. The van der Waals surface area contributed by atoms with Crippen LogP contribution >= 0.6 is 0 Å². The fourth-order valence-electron chi connectivity index (χ4n) is 3.94. The summed E-state index contributed by atoms with van der Waals surface area (Å²) < 4.78 is 6.94. The van der Waals surface area contributed by atoms with Gasteiger partial charge in [0.25, 0.3) is 0 Å². The summed E-state index contributed by atoms with van der Waals surface area (Å²) in [6.45, 7) is 26.1. The van der Waals surface area contributed by atoms with Crippen molar-refractivity contribution in [3.63, 3.8) is 0 Å². The molecule has 0 saturated heterocycles. The molecule has 0 radical (unpaired) electrons. The van der Waals surface area contributed by atoms with Crippen molar-refractivity contribution in [3.05, 3.63) is 0 Å². The van der Waals surface area contributed by atoms with E-state index in [0.29, 0.717) is 0 Å². The molecule has 4 heteroatoms. The van der Waals surface area contributed by atoms with E-state index in [-0.39, 0.29) is 0 Å². The molecular weight excluding hydrogens is 460 g/mol. The number of hydrogen-bond donors (Lipinski definition) is 0. The zero-order chi connectivity index (χ0) is 14.8. The molecule has 0 aliphatic heterocycles. The fourth-order valence-corrected chi connectivity index (χ4v) is 114. The van der Waals surface area contributed by atoms with Crippen LogP contribution in [0.4, 0.5) is 0 Å². The third-order valence-corrected chi connectivity index (χ3v) is 78.1. The Hall–Kier alpha value is 1.57. The molecule has 0 heterocycles. The maximum atomic E-state index is 2.62. The molecule has 110 valence electrons. The Kier molecular flexibility index (Phi) is 7.13. The molecule has 0 bridgehead atoms. The Balaban J connectivity index is 5.20. The van der Waals surface area contributed by atoms with Crippen LogP contribution in [0.3, 0.4) is 0 Å². The average molecular weight is 498 g/mol. The summed E-state index contributed by atoms with van der Waals surface area (Å²) in [6, 6.07) is 0. The number of rotatable bonds is 7. The third kappa shape index (κ3) is 9.47. The molecule has 0 aromatic rings. The molecule has 0 spiro atoms. The van der Waals surface area contributed by atoms with Gasteiger partial charge in [-0.1, -0.05) is 0 Å². The second kappa shape index (κ2) is 6.56. The first-order chi connectivity index (χ1) is 7.68. The van der Waals surface area contributed by atoms with Gasteiger partial charge in [0.2, 0.25) is 0 Å². The second-order valence-electron chi connectivity index (χ2n) is 10.1. The molecule has 0 nitrogen and oxygen atoms in total. The summed E-state index contributed by atoms with van der Waals surface area (Å²) in [5.74, 6) is 0.